The van der Waals surface area contributed by atoms with E-state index in [1.165, 1.54) is 0 Å². The Kier molecular flexibility index (Phi) is 3.94. The van der Waals surface area contributed by atoms with Gasteiger partial charge in [0.1, 0.15) is 11.3 Å². The summed E-state index contributed by atoms with van der Waals surface area (Å²) in [5.41, 5.74) is 1.39. The number of nitrogens with one attached hydrogen (secondary N) is 1. The highest BCUT2D eigenvalue weighted by Crippen LogP contribution is 2.37. The van der Waals surface area contributed by atoms with E-state index in [1.807, 2.05) is 0 Å². The summed E-state index contributed by atoms with van der Waals surface area (Å²) in [4.78, 5) is 12.4. The van der Waals surface area contributed by atoms with Crippen molar-refractivity contribution in [1.82, 2.24) is 5.16 Å². The number of nitrogens with zero attached hydrogens (tertiary/aromatic N) is 1. The monoisotopic (exact) mass is 322 g/mol. The molecule has 0 saturated carbocycles. The zero-order valence-corrected chi connectivity index (χ0v) is 13.0. The summed E-state index contributed by atoms with van der Waals surface area (Å²) < 4.78 is 16.2. The van der Waals surface area contributed by atoms with Crippen LogP contribution in [0.2, 0.25) is 5.02 Å². The Morgan fingerprint density at radius 1 is 1.23 bits per heavy atom. The van der Waals surface area contributed by atoms with Gasteiger partial charge in [0.15, 0.2) is 11.5 Å². The largest absolute Gasteiger partial charge is 0.490 e. The Labute approximate surface area is 132 Å². The molecule has 1 aromatic heterocycles. The fourth-order valence-electron chi connectivity index (χ4n) is 2.27. The molecule has 0 spiro atoms. The first-order valence-electron chi connectivity index (χ1n) is 6.89. The van der Waals surface area contributed by atoms with E-state index in [0.717, 1.165) is 6.42 Å². The standard InChI is InChI=1S/C15H15ClN2O4/c1-8-14(9(2)22-18-8)15(19)17-11-7-13-12(6-10(11)16)20-4-3-5-21-13/h6-7H,3-5H2,1-2H3,(H,17,19). The summed E-state index contributed by atoms with van der Waals surface area (Å²) in [5.74, 6) is 1.28. The van der Waals surface area contributed by atoms with Crippen molar-refractivity contribution in [3.05, 3.63) is 34.2 Å². The lowest BCUT2D eigenvalue weighted by Gasteiger charge is -2.12. The maximum atomic E-state index is 12.4. The minimum Gasteiger partial charge on any atom is -0.490 e. The zero-order chi connectivity index (χ0) is 15.7. The van der Waals surface area contributed by atoms with Crippen molar-refractivity contribution in [2.24, 2.45) is 0 Å². The van der Waals surface area contributed by atoms with Crippen molar-refractivity contribution < 1.29 is 18.8 Å². The van der Waals surface area contributed by atoms with Gasteiger partial charge in [-0.3, -0.25) is 4.79 Å². The van der Waals surface area contributed by atoms with Gasteiger partial charge in [-0.05, 0) is 13.8 Å². The van der Waals surface area contributed by atoms with Gasteiger partial charge >= 0.3 is 0 Å². The lowest BCUT2D eigenvalue weighted by molar-refractivity contribution is 0.102. The Hall–Kier alpha value is -2.21. The molecule has 0 unspecified atom stereocenters. The van der Waals surface area contributed by atoms with Gasteiger partial charge < -0.3 is 19.3 Å². The van der Waals surface area contributed by atoms with Crippen molar-refractivity contribution in [2.45, 2.75) is 20.3 Å². The number of anilines is 1. The van der Waals surface area contributed by atoms with Gasteiger partial charge in [-0.2, -0.15) is 0 Å². The first-order valence-corrected chi connectivity index (χ1v) is 7.27. The summed E-state index contributed by atoms with van der Waals surface area (Å²) in [7, 11) is 0. The number of amides is 1. The second kappa shape index (κ2) is 5.88. The minimum absolute atomic E-state index is 0.326. The molecule has 6 nitrogen and oxygen atoms in total. The number of carbonyl (C=O) groups is 1. The van der Waals surface area contributed by atoms with Crippen molar-refractivity contribution in [3.8, 4) is 11.5 Å². The fourth-order valence-corrected chi connectivity index (χ4v) is 2.47. The number of aromatic nitrogens is 1. The Bertz CT molecular complexity index is 707. The second-order valence-electron chi connectivity index (χ2n) is 4.98. The molecule has 116 valence electrons. The van der Waals surface area contributed by atoms with E-state index in [4.69, 9.17) is 25.6 Å². The van der Waals surface area contributed by atoms with Crippen LogP contribution in [0.3, 0.4) is 0 Å². The number of carbonyl (C=O) groups excluding carboxylic acids is 1. The lowest BCUT2D eigenvalue weighted by atomic mass is 10.2. The third-order valence-corrected chi connectivity index (χ3v) is 3.66. The predicted molar refractivity (Wildman–Crippen MR) is 81.0 cm³/mol. The van der Waals surface area contributed by atoms with E-state index >= 15 is 0 Å². The number of aryl methyl sites for hydroxylation is 2. The van der Waals surface area contributed by atoms with Crippen LogP contribution in [-0.2, 0) is 0 Å². The third kappa shape index (κ3) is 2.74. The van der Waals surface area contributed by atoms with Crippen LogP contribution in [0.1, 0.15) is 28.2 Å². The number of ether oxygens (including phenoxy) is 2. The summed E-state index contributed by atoms with van der Waals surface area (Å²) in [6, 6.07) is 3.31. The van der Waals surface area contributed by atoms with Crippen LogP contribution in [0.5, 0.6) is 11.5 Å². The van der Waals surface area contributed by atoms with Crippen LogP contribution in [0.25, 0.3) is 0 Å². The molecule has 7 heteroatoms. The van der Waals surface area contributed by atoms with Crippen LogP contribution in [0.4, 0.5) is 5.69 Å². The molecule has 0 bridgehead atoms. The van der Waals surface area contributed by atoms with Gasteiger partial charge in [0.25, 0.3) is 5.91 Å². The number of hydrogen-bond acceptors (Lipinski definition) is 5. The van der Waals surface area contributed by atoms with Gasteiger partial charge in [-0.15, -0.1) is 0 Å². The maximum Gasteiger partial charge on any atom is 0.261 e. The molecule has 1 amide bonds. The quantitative estimate of drug-likeness (QED) is 0.917. The summed E-state index contributed by atoms with van der Waals surface area (Å²) >= 11 is 6.21. The minimum atomic E-state index is -0.326. The number of rotatable bonds is 2. The van der Waals surface area contributed by atoms with Crippen molar-refractivity contribution in [2.75, 3.05) is 18.5 Å². The van der Waals surface area contributed by atoms with E-state index in [9.17, 15) is 4.79 Å². The fraction of sp³-hybridized carbons (Fsp3) is 0.333. The molecule has 2 aromatic rings. The number of benzene rings is 1. The summed E-state index contributed by atoms with van der Waals surface area (Å²) in [5, 5.41) is 6.91. The second-order valence-corrected chi connectivity index (χ2v) is 5.39. The normalized spacial score (nSPS) is 13.6. The van der Waals surface area contributed by atoms with Gasteiger partial charge in [-0.1, -0.05) is 16.8 Å². The van der Waals surface area contributed by atoms with Crippen LogP contribution in [0.15, 0.2) is 16.7 Å². The smallest absolute Gasteiger partial charge is 0.261 e. The Morgan fingerprint density at radius 3 is 2.55 bits per heavy atom. The zero-order valence-electron chi connectivity index (χ0n) is 12.2. The van der Waals surface area contributed by atoms with Gasteiger partial charge in [0.05, 0.1) is 29.6 Å². The number of hydrogen-bond donors (Lipinski definition) is 1. The van der Waals surface area contributed by atoms with E-state index < -0.39 is 0 Å². The summed E-state index contributed by atoms with van der Waals surface area (Å²) in [6.45, 7) is 4.53. The SMILES string of the molecule is Cc1noc(C)c1C(=O)Nc1cc2c(cc1Cl)OCCCO2. The van der Waals surface area contributed by atoms with Crippen LogP contribution in [0, 0.1) is 13.8 Å². The molecular weight excluding hydrogens is 308 g/mol. The van der Waals surface area contributed by atoms with Crippen LogP contribution < -0.4 is 14.8 Å². The highest BCUT2D eigenvalue weighted by Gasteiger charge is 2.20. The molecule has 22 heavy (non-hydrogen) atoms. The van der Waals surface area contributed by atoms with Gasteiger partial charge in [0, 0.05) is 18.6 Å². The molecule has 1 aliphatic heterocycles. The molecular formula is C15H15ClN2O4. The van der Waals surface area contributed by atoms with Crippen molar-refractivity contribution in [1.29, 1.82) is 0 Å². The average molecular weight is 323 g/mol. The molecule has 0 saturated heterocycles. The first kappa shape index (κ1) is 14.7. The highest BCUT2D eigenvalue weighted by atomic mass is 35.5. The molecule has 0 fully saturated rings. The molecule has 3 rings (SSSR count). The summed E-state index contributed by atoms with van der Waals surface area (Å²) in [6.07, 6.45) is 0.799. The number of halogens is 1. The van der Waals surface area contributed by atoms with E-state index in [1.54, 1.807) is 26.0 Å². The molecule has 1 N–H and O–H groups in total. The molecule has 0 atom stereocenters. The Balaban J connectivity index is 1.89. The topological polar surface area (TPSA) is 73.6 Å². The molecule has 0 radical (unpaired) electrons. The first-order chi connectivity index (χ1) is 10.6. The lowest BCUT2D eigenvalue weighted by Crippen LogP contribution is -2.14. The number of fused-ring (bicyclic) bond motifs is 1. The van der Waals surface area contributed by atoms with E-state index in [-0.39, 0.29) is 5.91 Å². The van der Waals surface area contributed by atoms with E-state index in [0.29, 0.717) is 52.4 Å². The van der Waals surface area contributed by atoms with Gasteiger partial charge in [-0.25, -0.2) is 0 Å². The van der Waals surface area contributed by atoms with E-state index in [2.05, 4.69) is 10.5 Å². The maximum absolute atomic E-state index is 12.4. The average Bonchev–Trinajstić information content (AvgIpc) is 2.68. The van der Waals surface area contributed by atoms with Gasteiger partial charge in [0.2, 0.25) is 0 Å². The molecule has 1 aromatic carbocycles. The third-order valence-electron chi connectivity index (χ3n) is 3.35. The predicted octanol–water partition coefficient (Wildman–Crippen LogP) is 3.36. The van der Waals surface area contributed by atoms with Crippen LogP contribution >= 0.6 is 11.6 Å². The molecule has 1 aliphatic rings. The van der Waals surface area contributed by atoms with Crippen LogP contribution in [-0.4, -0.2) is 24.3 Å². The Morgan fingerprint density at radius 2 is 1.91 bits per heavy atom. The molecule has 0 aliphatic carbocycles. The van der Waals surface area contributed by atoms with Crippen molar-refractivity contribution in [3.63, 3.8) is 0 Å². The molecule has 2 heterocycles. The van der Waals surface area contributed by atoms with Crippen molar-refractivity contribution >= 4 is 23.2 Å². The highest BCUT2D eigenvalue weighted by molar-refractivity contribution is 6.34.